The average molecular weight is 316 g/mol. The summed E-state index contributed by atoms with van der Waals surface area (Å²) < 4.78 is 5.36. The summed E-state index contributed by atoms with van der Waals surface area (Å²) in [7, 11) is 3.42. The highest BCUT2D eigenvalue weighted by Crippen LogP contribution is 2.28. The number of ether oxygens (including phenoxy) is 1. The van der Waals surface area contributed by atoms with Gasteiger partial charge in [0.2, 0.25) is 5.91 Å². The number of aryl methyl sites for hydroxylation is 1. The zero-order chi connectivity index (χ0) is 16.1. The van der Waals surface area contributed by atoms with Gasteiger partial charge in [-0.3, -0.25) is 4.79 Å². The van der Waals surface area contributed by atoms with Crippen molar-refractivity contribution in [3.05, 3.63) is 52.0 Å². The van der Waals surface area contributed by atoms with E-state index in [1.165, 1.54) is 0 Å². The molecule has 1 heterocycles. The Kier molecular flexibility index (Phi) is 5.33. The zero-order valence-corrected chi connectivity index (χ0v) is 14.1. The van der Waals surface area contributed by atoms with Crippen molar-refractivity contribution in [2.75, 3.05) is 14.2 Å². The van der Waals surface area contributed by atoms with Gasteiger partial charge in [-0.25, -0.2) is 4.98 Å². The van der Waals surface area contributed by atoms with Gasteiger partial charge in [-0.2, -0.15) is 0 Å². The Morgan fingerprint density at radius 3 is 2.77 bits per heavy atom. The maximum atomic E-state index is 12.3. The van der Waals surface area contributed by atoms with Crippen LogP contribution in [-0.2, 0) is 4.79 Å². The zero-order valence-electron chi connectivity index (χ0n) is 13.2. The molecule has 0 spiro atoms. The molecule has 22 heavy (non-hydrogen) atoms. The van der Waals surface area contributed by atoms with Gasteiger partial charge in [0.1, 0.15) is 5.75 Å². The second kappa shape index (κ2) is 7.22. The van der Waals surface area contributed by atoms with Gasteiger partial charge in [-0.05, 0) is 26.0 Å². The first-order chi connectivity index (χ1) is 10.5. The van der Waals surface area contributed by atoms with Gasteiger partial charge in [0, 0.05) is 24.1 Å². The SMILES string of the molecule is COc1ccccc1[C@@H](C)N(C)C(=O)/C=C\c1csc(C)n1. The fourth-order valence-electron chi connectivity index (χ4n) is 2.14. The molecular formula is C17H20N2O2S. The summed E-state index contributed by atoms with van der Waals surface area (Å²) in [5.41, 5.74) is 1.80. The smallest absolute Gasteiger partial charge is 0.246 e. The molecule has 0 aliphatic rings. The van der Waals surface area contributed by atoms with Crippen LogP contribution >= 0.6 is 11.3 Å². The standard InChI is InChI=1S/C17H20N2O2S/c1-12(15-7-5-6-8-16(15)21-4)19(3)17(20)10-9-14-11-22-13(2)18-14/h5-12H,1-4H3/b10-9-/t12-/m1/s1. The molecule has 1 amide bonds. The van der Waals surface area contributed by atoms with Crippen LogP contribution in [-0.4, -0.2) is 29.9 Å². The number of methoxy groups -OCH3 is 1. The van der Waals surface area contributed by atoms with Crippen LogP contribution in [0, 0.1) is 6.92 Å². The topological polar surface area (TPSA) is 42.4 Å². The Labute approximate surface area is 135 Å². The Morgan fingerprint density at radius 2 is 2.14 bits per heavy atom. The number of para-hydroxylation sites is 1. The van der Waals surface area contributed by atoms with Crippen LogP contribution in [0.3, 0.4) is 0 Å². The van der Waals surface area contributed by atoms with Crippen molar-refractivity contribution in [1.82, 2.24) is 9.88 Å². The first-order valence-electron chi connectivity index (χ1n) is 7.03. The van der Waals surface area contributed by atoms with Gasteiger partial charge < -0.3 is 9.64 Å². The van der Waals surface area contributed by atoms with E-state index in [9.17, 15) is 4.79 Å². The third kappa shape index (κ3) is 3.74. The van der Waals surface area contributed by atoms with Crippen molar-refractivity contribution in [1.29, 1.82) is 0 Å². The maximum absolute atomic E-state index is 12.3. The van der Waals surface area contributed by atoms with Crippen LogP contribution in [0.25, 0.3) is 6.08 Å². The molecule has 2 aromatic rings. The molecule has 2 rings (SSSR count). The lowest BCUT2D eigenvalue weighted by Gasteiger charge is -2.25. The fraction of sp³-hybridized carbons (Fsp3) is 0.294. The predicted molar refractivity (Wildman–Crippen MR) is 90.1 cm³/mol. The Hall–Kier alpha value is -2.14. The van der Waals surface area contributed by atoms with Gasteiger partial charge in [0.15, 0.2) is 0 Å². The molecule has 0 saturated heterocycles. The van der Waals surface area contributed by atoms with E-state index in [1.807, 2.05) is 43.5 Å². The summed E-state index contributed by atoms with van der Waals surface area (Å²) >= 11 is 1.57. The number of hydrogen-bond acceptors (Lipinski definition) is 4. The summed E-state index contributed by atoms with van der Waals surface area (Å²) in [5.74, 6) is 0.720. The van der Waals surface area contributed by atoms with Crippen molar-refractivity contribution < 1.29 is 9.53 Å². The molecule has 0 fully saturated rings. The summed E-state index contributed by atoms with van der Waals surface area (Å²) in [6.45, 7) is 3.93. The summed E-state index contributed by atoms with van der Waals surface area (Å²) in [4.78, 5) is 18.3. The number of benzene rings is 1. The lowest BCUT2D eigenvalue weighted by atomic mass is 10.1. The highest BCUT2D eigenvalue weighted by Gasteiger charge is 2.18. The monoisotopic (exact) mass is 316 g/mol. The molecule has 5 heteroatoms. The predicted octanol–water partition coefficient (Wildman–Crippen LogP) is 3.69. The van der Waals surface area contributed by atoms with E-state index in [4.69, 9.17) is 4.74 Å². The fourth-order valence-corrected chi connectivity index (χ4v) is 2.72. The van der Waals surface area contributed by atoms with Gasteiger partial charge >= 0.3 is 0 Å². The van der Waals surface area contributed by atoms with Crippen LogP contribution in [0.1, 0.15) is 29.2 Å². The molecule has 1 aromatic heterocycles. The second-order valence-electron chi connectivity index (χ2n) is 4.99. The third-order valence-corrected chi connectivity index (χ3v) is 4.34. The molecule has 4 nitrogen and oxygen atoms in total. The van der Waals surface area contributed by atoms with Crippen LogP contribution in [0.4, 0.5) is 0 Å². The molecule has 0 aliphatic carbocycles. The number of rotatable bonds is 5. The van der Waals surface area contributed by atoms with E-state index in [0.717, 1.165) is 22.0 Å². The van der Waals surface area contributed by atoms with Crippen LogP contribution < -0.4 is 4.74 Å². The molecule has 0 aliphatic heterocycles. The van der Waals surface area contributed by atoms with E-state index in [2.05, 4.69) is 4.98 Å². The van der Waals surface area contributed by atoms with Crippen molar-refractivity contribution in [2.45, 2.75) is 19.9 Å². The molecule has 0 radical (unpaired) electrons. The third-order valence-electron chi connectivity index (χ3n) is 3.55. The largest absolute Gasteiger partial charge is 0.496 e. The van der Waals surface area contributed by atoms with E-state index in [-0.39, 0.29) is 11.9 Å². The minimum atomic E-state index is -0.0783. The highest BCUT2D eigenvalue weighted by molar-refractivity contribution is 7.09. The minimum absolute atomic E-state index is 0.0657. The number of hydrogen-bond donors (Lipinski definition) is 0. The molecule has 0 N–H and O–H groups in total. The number of thiazole rings is 1. The van der Waals surface area contributed by atoms with E-state index in [1.54, 1.807) is 42.5 Å². The number of carbonyl (C=O) groups is 1. The number of nitrogens with zero attached hydrogens (tertiary/aromatic N) is 2. The molecule has 1 atom stereocenters. The number of likely N-dealkylation sites (N-methyl/N-ethyl adjacent to an activating group) is 1. The van der Waals surface area contributed by atoms with E-state index < -0.39 is 0 Å². The van der Waals surface area contributed by atoms with Gasteiger partial charge in [-0.1, -0.05) is 18.2 Å². The van der Waals surface area contributed by atoms with Gasteiger partial charge in [-0.15, -0.1) is 11.3 Å². The first kappa shape index (κ1) is 16.2. The van der Waals surface area contributed by atoms with Gasteiger partial charge in [0.05, 0.1) is 23.9 Å². The van der Waals surface area contributed by atoms with E-state index >= 15 is 0 Å². The molecule has 116 valence electrons. The molecular weight excluding hydrogens is 296 g/mol. The number of amides is 1. The summed E-state index contributed by atoms with van der Waals surface area (Å²) in [6.07, 6.45) is 3.30. The van der Waals surface area contributed by atoms with Crippen LogP contribution in [0.5, 0.6) is 5.75 Å². The van der Waals surface area contributed by atoms with Crippen molar-refractivity contribution in [3.63, 3.8) is 0 Å². The Morgan fingerprint density at radius 1 is 1.41 bits per heavy atom. The lowest BCUT2D eigenvalue weighted by molar-refractivity contribution is -0.126. The lowest BCUT2D eigenvalue weighted by Crippen LogP contribution is -2.28. The highest BCUT2D eigenvalue weighted by atomic mass is 32.1. The van der Waals surface area contributed by atoms with Crippen LogP contribution in [0.2, 0.25) is 0 Å². The molecule has 0 saturated carbocycles. The van der Waals surface area contributed by atoms with Gasteiger partial charge in [0.25, 0.3) is 0 Å². The normalized spacial score (nSPS) is 12.4. The summed E-state index contributed by atoms with van der Waals surface area (Å²) in [5, 5.41) is 2.92. The van der Waals surface area contributed by atoms with Crippen LogP contribution in [0.15, 0.2) is 35.7 Å². The Bertz CT molecular complexity index is 679. The Balaban J connectivity index is 2.11. The average Bonchev–Trinajstić information content (AvgIpc) is 2.96. The van der Waals surface area contributed by atoms with Crippen molar-refractivity contribution in [3.8, 4) is 5.75 Å². The van der Waals surface area contributed by atoms with Crippen molar-refractivity contribution in [2.24, 2.45) is 0 Å². The first-order valence-corrected chi connectivity index (χ1v) is 7.90. The van der Waals surface area contributed by atoms with E-state index in [0.29, 0.717) is 0 Å². The second-order valence-corrected chi connectivity index (χ2v) is 6.05. The number of aromatic nitrogens is 1. The molecule has 1 aromatic carbocycles. The maximum Gasteiger partial charge on any atom is 0.246 e. The molecule has 0 bridgehead atoms. The minimum Gasteiger partial charge on any atom is -0.496 e. The van der Waals surface area contributed by atoms with Crippen molar-refractivity contribution >= 4 is 23.3 Å². The quantitative estimate of drug-likeness (QED) is 0.790. The number of carbonyl (C=O) groups excluding carboxylic acids is 1. The molecule has 0 unspecified atom stereocenters. The summed E-state index contributed by atoms with van der Waals surface area (Å²) in [6, 6.07) is 7.66.